The zero-order valence-corrected chi connectivity index (χ0v) is 20.3. The van der Waals surface area contributed by atoms with Gasteiger partial charge in [-0.3, -0.25) is 14.3 Å². The van der Waals surface area contributed by atoms with Crippen molar-refractivity contribution in [3.8, 4) is 5.69 Å². The zero-order valence-electron chi connectivity index (χ0n) is 20.3. The van der Waals surface area contributed by atoms with Crippen LogP contribution in [0, 0.1) is 12.7 Å². The van der Waals surface area contributed by atoms with E-state index in [2.05, 4.69) is 10.2 Å². The Balaban J connectivity index is 1.39. The van der Waals surface area contributed by atoms with Crippen molar-refractivity contribution in [1.82, 2.24) is 19.4 Å². The molecule has 1 aromatic heterocycles. The van der Waals surface area contributed by atoms with Crippen molar-refractivity contribution >= 4 is 22.6 Å². The minimum absolute atomic E-state index is 0.125. The Bertz CT molecular complexity index is 1460. The van der Waals surface area contributed by atoms with Gasteiger partial charge < -0.3 is 10.2 Å². The number of nitrogens with zero attached hydrogens (tertiary/aromatic N) is 4. The standard InChI is InChI=1S/C28H28FN5O2/c1-19-6-5-7-22(18-19)30-28(36)33-16-14-32(15-17-33)20(2)26-31-25-9-4-3-8-24(25)27(35)34(26)23-12-10-21(29)11-13-23/h3-13,18,20H,14-17H2,1-2H3,(H,30,36). The maximum Gasteiger partial charge on any atom is 0.321 e. The summed E-state index contributed by atoms with van der Waals surface area (Å²) in [7, 11) is 0. The first-order valence-electron chi connectivity index (χ1n) is 12.0. The van der Waals surface area contributed by atoms with E-state index in [0.29, 0.717) is 48.6 Å². The maximum atomic E-state index is 13.6. The number of aromatic nitrogens is 2. The number of carbonyl (C=O) groups is 1. The van der Waals surface area contributed by atoms with Crippen LogP contribution in [-0.2, 0) is 0 Å². The van der Waals surface area contributed by atoms with E-state index in [1.807, 2.05) is 56.3 Å². The molecule has 0 spiro atoms. The van der Waals surface area contributed by atoms with Crippen molar-refractivity contribution < 1.29 is 9.18 Å². The fraction of sp³-hybridized carbons (Fsp3) is 0.250. The summed E-state index contributed by atoms with van der Waals surface area (Å²) in [5.41, 5.74) is 2.86. The fourth-order valence-corrected chi connectivity index (χ4v) is 4.67. The highest BCUT2D eigenvalue weighted by atomic mass is 19.1. The largest absolute Gasteiger partial charge is 0.322 e. The maximum absolute atomic E-state index is 13.6. The van der Waals surface area contributed by atoms with E-state index in [1.54, 1.807) is 27.7 Å². The van der Waals surface area contributed by atoms with Crippen LogP contribution in [0.2, 0.25) is 0 Å². The molecule has 2 heterocycles. The number of urea groups is 1. The van der Waals surface area contributed by atoms with Crippen LogP contribution in [0.15, 0.2) is 77.6 Å². The summed E-state index contributed by atoms with van der Waals surface area (Å²) in [5.74, 6) is 0.221. The number of anilines is 1. The van der Waals surface area contributed by atoms with Gasteiger partial charge in [0.05, 0.1) is 22.6 Å². The Morgan fingerprint density at radius 1 is 0.972 bits per heavy atom. The second kappa shape index (κ2) is 9.91. The lowest BCUT2D eigenvalue weighted by atomic mass is 10.1. The molecule has 7 nitrogen and oxygen atoms in total. The number of hydrogen-bond donors (Lipinski definition) is 1. The molecule has 0 aliphatic carbocycles. The summed E-state index contributed by atoms with van der Waals surface area (Å²) in [6.45, 7) is 6.37. The summed E-state index contributed by atoms with van der Waals surface area (Å²) in [6, 6.07) is 20.5. The molecule has 1 aliphatic rings. The molecule has 5 rings (SSSR count). The molecule has 1 aliphatic heterocycles. The van der Waals surface area contributed by atoms with E-state index in [1.165, 1.54) is 12.1 Å². The van der Waals surface area contributed by atoms with Gasteiger partial charge in [0.1, 0.15) is 11.6 Å². The number of halogens is 1. The van der Waals surface area contributed by atoms with Gasteiger partial charge in [-0.25, -0.2) is 14.2 Å². The third-order valence-electron chi connectivity index (χ3n) is 6.68. The summed E-state index contributed by atoms with van der Waals surface area (Å²) >= 11 is 0. The molecule has 184 valence electrons. The molecule has 2 amide bonds. The molecule has 4 aromatic rings. The number of aryl methyl sites for hydroxylation is 1. The van der Waals surface area contributed by atoms with Crippen molar-refractivity contribution in [1.29, 1.82) is 0 Å². The van der Waals surface area contributed by atoms with E-state index >= 15 is 0 Å². The second-order valence-electron chi connectivity index (χ2n) is 9.10. The van der Waals surface area contributed by atoms with Crippen LogP contribution in [0.3, 0.4) is 0 Å². The molecular formula is C28H28FN5O2. The normalized spacial score (nSPS) is 15.1. The third-order valence-corrected chi connectivity index (χ3v) is 6.68. The van der Waals surface area contributed by atoms with Crippen LogP contribution >= 0.6 is 0 Å². The summed E-state index contributed by atoms with van der Waals surface area (Å²) in [6.07, 6.45) is 0. The number of nitrogens with one attached hydrogen (secondary N) is 1. The van der Waals surface area contributed by atoms with Gasteiger partial charge >= 0.3 is 6.03 Å². The number of amides is 2. The third kappa shape index (κ3) is 4.72. The van der Waals surface area contributed by atoms with Gasteiger partial charge in [0.2, 0.25) is 0 Å². The average molecular weight is 486 g/mol. The highest BCUT2D eigenvalue weighted by molar-refractivity contribution is 5.89. The molecule has 1 unspecified atom stereocenters. The fourth-order valence-electron chi connectivity index (χ4n) is 4.67. The number of benzene rings is 3. The Hall–Kier alpha value is -4.04. The van der Waals surface area contributed by atoms with Crippen molar-refractivity contribution in [3.63, 3.8) is 0 Å². The molecule has 0 radical (unpaired) electrons. The highest BCUT2D eigenvalue weighted by Crippen LogP contribution is 2.24. The molecule has 8 heteroatoms. The number of fused-ring (bicyclic) bond motifs is 1. The van der Waals surface area contributed by atoms with E-state index < -0.39 is 0 Å². The van der Waals surface area contributed by atoms with Crippen LogP contribution < -0.4 is 10.9 Å². The monoisotopic (exact) mass is 485 g/mol. The van der Waals surface area contributed by atoms with Gasteiger partial charge in [0, 0.05) is 31.9 Å². The summed E-state index contributed by atoms with van der Waals surface area (Å²) < 4.78 is 15.2. The number of piperazine rings is 1. The van der Waals surface area contributed by atoms with Gasteiger partial charge in [-0.1, -0.05) is 24.3 Å². The Morgan fingerprint density at radius 3 is 2.42 bits per heavy atom. The molecule has 1 saturated heterocycles. The van der Waals surface area contributed by atoms with Gasteiger partial charge in [-0.15, -0.1) is 0 Å². The van der Waals surface area contributed by atoms with Gasteiger partial charge in [-0.05, 0) is 67.9 Å². The van der Waals surface area contributed by atoms with Crippen molar-refractivity contribution in [3.05, 3.63) is 100 Å². The Morgan fingerprint density at radius 2 is 1.69 bits per heavy atom. The lowest BCUT2D eigenvalue weighted by molar-refractivity contribution is 0.115. The van der Waals surface area contributed by atoms with Gasteiger partial charge in [-0.2, -0.15) is 0 Å². The van der Waals surface area contributed by atoms with Crippen molar-refractivity contribution in [2.75, 3.05) is 31.5 Å². The zero-order chi connectivity index (χ0) is 25.2. The van der Waals surface area contributed by atoms with E-state index in [0.717, 1.165) is 11.3 Å². The van der Waals surface area contributed by atoms with Crippen LogP contribution in [0.1, 0.15) is 24.4 Å². The number of para-hydroxylation sites is 1. The molecule has 0 saturated carbocycles. The quantitative estimate of drug-likeness (QED) is 0.453. The SMILES string of the molecule is Cc1cccc(NC(=O)N2CCN(C(C)c3nc4ccccc4c(=O)n3-c3ccc(F)cc3)CC2)c1. The van der Waals surface area contributed by atoms with Crippen LogP contribution in [0.25, 0.3) is 16.6 Å². The lowest BCUT2D eigenvalue weighted by Gasteiger charge is -2.38. The molecule has 1 fully saturated rings. The first-order chi connectivity index (χ1) is 17.4. The highest BCUT2D eigenvalue weighted by Gasteiger charge is 2.28. The molecule has 3 aromatic carbocycles. The summed E-state index contributed by atoms with van der Waals surface area (Å²) in [5, 5.41) is 3.48. The average Bonchev–Trinajstić information content (AvgIpc) is 2.89. The van der Waals surface area contributed by atoms with E-state index in [-0.39, 0.29) is 23.4 Å². The van der Waals surface area contributed by atoms with Gasteiger partial charge in [0.15, 0.2) is 0 Å². The predicted molar refractivity (Wildman–Crippen MR) is 139 cm³/mol. The lowest BCUT2D eigenvalue weighted by Crippen LogP contribution is -2.51. The van der Waals surface area contributed by atoms with Crippen molar-refractivity contribution in [2.24, 2.45) is 0 Å². The van der Waals surface area contributed by atoms with Crippen LogP contribution in [0.5, 0.6) is 0 Å². The molecular weight excluding hydrogens is 457 g/mol. The van der Waals surface area contributed by atoms with Crippen LogP contribution in [0.4, 0.5) is 14.9 Å². The minimum atomic E-state index is -0.366. The van der Waals surface area contributed by atoms with E-state index in [9.17, 15) is 14.0 Å². The van der Waals surface area contributed by atoms with Gasteiger partial charge in [0.25, 0.3) is 5.56 Å². The van der Waals surface area contributed by atoms with Crippen molar-refractivity contribution in [2.45, 2.75) is 19.9 Å². The molecule has 1 N–H and O–H groups in total. The first-order valence-corrected chi connectivity index (χ1v) is 12.0. The minimum Gasteiger partial charge on any atom is -0.322 e. The molecule has 0 bridgehead atoms. The second-order valence-corrected chi connectivity index (χ2v) is 9.10. The smallest absolute Gasteiger partial charge is 0.321 e. The van der Waals surface area contributed by atoms with E-state index in [4.69, 9.17) is 4.98 Å². The summed E-state index contributed by atoms with van der Waals surface area (Å²) in [4.78, 5) is 35.2. The predicted octanol–water partition coefficient (Wildman–Crippen LogP) is 4.74. The topological polar surface area (TPSA) is 70.5 Å². The number of carbonyl (C=O) groups excluding carboxylic acids is 1. The van der Waals surface area contributed by atoms with Crippen LogP contribution in [-0.4, -0.2) is 51.6 Å². The first kappa shape index (κ1) is 23.7. The molecule has 36 heavy (non-hydrogen) atoms. The molecule has 1 atom stereocenters. The Labute approximate surface area is 208 Å². The number of rotatable bonds is 4. The number of hydrogen-bond acceptors (Lipinski definition) is 4. The Kier molecular flexibility index (Phi) is 6.52.